The van der Waals surface area contributed by atoms with Gasteiger partial charge in [-0.15, -0.1) is 0 Å². The largest absolute Gasteiger partial charge is 0.497 e. The summed E-state index contributed by atoms with van der Waals surface area (Å²) < 4.78 is 46.5. The lowest BCUT2D eigenvalue weighted by Crippen LogP contribution is -2.68. The fourth-order valence-electron chi connectivity index (χ4n) is 6.80. The summed E-state index contributed by atoms with van der Waals surface area (Å²) >= 11 is 0. The number of nitrogens with two attached hydrogens (primary N) is 5. The van der Waals surface area contributed by atoms with E-state index in [1.807, 2.05) is 0 Å². The van der Waals surface area contributed by atoms with Gasteiger partial charge in [-0.05, 0) is 24.1 Å². The molecule has 19 atom stereocenters. The Kier molecular flexibility index (Phi) is 14.0. The molecule has 20 nitrogen and oxygen atoms in total. The molecule has 0 aromatic heterocycles. The zero-order chi connectivity index (χ0) is 37.1. The molecule has 0 spiro atoms. The lowest BCUT2D eigenvalue weighted by molar-refractivity contribution is -0.315. The smallest absolute Gasteiger partial charge is 0.187 e. The minimum Gasteiger partial charge on any atom is -0.497 e. The van der Waals surface area contributed by atoms with Gasteiger partial charge in [0.05, 0.1) is 45.1 Å². The van der Waals surface area contributed by atoms with Crippen LogP contribution in [-0.4, -0.2) is 179 Å². The molecule has 0 bridgehead atoms. The minimum atomic E-state index is -1.63. The minimum absolute atomic E-state index is 0.0650. The first kappa shape index (κ1) is 40.4. The van der Waals surface area contributed by atoms with Gasteiger partial charge in [-0.1, -0.05) is 12.1 Å². The van der Waals surface area contributed by atoms with Crippen LogP contribution in [0.15, 0.2) is 24.3 Å². The Bertz CT molecular complexity index is 1220. The lowest BCUT2D eigenvalue weighted by atomic mass is 9.84. The predicted octanol–water partition coefficient (Wildman–Crippen LogP) is -6.63. The fourth-order valence-corrected chi connectivity index (χ4v) is 6.80. The summed E-state index contributed by atoms with van der Waals surface area (Å²) in [5, 5.41) is 74.4. The highest BCUT2D eigenvalue weighted by atomic mass is 16.8. The van der Waals surface area contributed by atoms with Crippen LogP contribution in [-0.2, 0) is 39.8 Å². The molecule has 3 aliphatic heterocycles. The number of aliphatic hydroxyl groups excluding tert-OH is 7. The first-order chi connectivity index (χ1) is 24.3. The fraction of sp³-hybridized carbons (Fsp3) is 0.806. The molecular weight excluding hydrogens is 682 g/mol. The standard InChI is InChI=1S/C31H53N5O15/c1-44-12-4-2-11(3-5-12)10-45-26-16(8-37)47-30(19(36)23(26)42)49-25-14(34)6-13(33)20(39)28(25)51-31-24(43)27(17(9-38)48-31)50-29-18(35)22(41)21(40)15(7-32)46-29/h2-5,13-31,37-43H,6-10,32-36H2,1H3/t13-,14+,15+,16-,17-,18-,19-,20+,21-,22-,23-,24-,25-,26-,27-,28-,29-,30-,31+/m1/s1. The maximum absolute atomic E-state index is 11.3. The van der Waals surface area contributed by atoms with Crippen LogP contribution in [0.25, 0.3) is 0 Å². The van der Waals surface area contributed by atoms with E-state index in [0.717, 1.165) is 5.56 Å². The zero-order valence-electron chi connectivity index (χ0n) is 28.1. The van der Waals surface area contributed by atoms with Gasteiger partial charge in [-0.3, -0.25) is 0 Å². The molecule has 292 valence electrons. The van der Waals surface area contributed by atoms with Gasteiger partial charge in [0.15, 0.2) is 18.9 Å². The summed E-state index contributed by atoms with van der Waals surface area (Å²) in [4.78, 5) is 0. The van der Waals surface area contributed by atoms with Gasteiger partial charge in [-0.25, -0.2) is 0 Å². The molecule has 0 radical (unpaired) electrons. The zero-order valence-corrected chi connectivity index (χ0v) is 28.1. The Morgan fingerprint density at radius 2 is 1.18 bits per heavy atom. The number of ether oxygens (including phenoxy) is 8. The SMILES string of the molecule is COc1ccc(CO[C@H]2[C@H](O)[C@@H](N)[C@@H](O[C@H]3[C@H](O[C@@H]4O[C@H](CO)[C@@H](O[C@H]5O[C@@H](CN)[C@@H](O)[C@H](O)[C@H]5N)[C@H]4O)[C@@H](O)[C@H](N)C[C@@H]3N)O[C@@H]2CO)cc1. The van der Waals surface area contributed by atoms with Gasteiger partial charge < -0.3 is 102 Å². The molecule has 4 aliphatic rings. The van der Waals surface area contributed by atoms with Gasteiger partial charge >= 0.3 is 0 Å². The molecule has 1 saturated carbocycles. The van der Waals surface area contributed by atoms with Crippen molar-refractivity contribution in [2.75, 3.05) is 26.9 Å². The van der Waals surface area contributed by atoms with Gasteiger partial charge in [0.2, 0.25) is 0 Å². The second kappa shape index (κ2) is 17.6. The van der Waals surface area contributed by atoms with Crippen LogP contribution < -0.4 is 33.4 Å². The molecule has 5 rings (SSSR count). The maximum Gasteiger partial charge on any atom is 0.187 e. The third-order valence-corrected chi connectivity index (χ3v) is 9.89. The quantitative estimate of drug-likeness (QED) is 0.0895. The summed E-state index contributed by atoms with van der Waals surface area (Å²) in [7, 11) is 1.55. The molecule has 51 heavy (non-hydrogen) atoms. The normalized spacial score (nSPS) is 46.3. The Labute approximate surface area is 294 Å². The predicted molar refractivity (Wildman–Crippen MR) is 172 cm³/mol. The van der Waals surface area contributed by atoms with Crippen LogP contribution in [0.4, 0.5) is 0 Å². The third-order valence-electron chi connectivity index (χ3n) is 9.89. The molecule has 17 N–H and O–H groups in total. The van der Waals surface area contributed by atoms with Crippen molar-refractivity contribution in [3.63, 3.8) is 0 Å². The number of hydrogen-bond acceptors (Lipinski definition) is 20. The molecule has 0 unspecified atom stereocenters. The molecular formula is C31H53N5O15. The van der Waals surface area contributed by atoms with Gasteiger partial charge in [0.25, 0.3) is 0 Å². The highest BCUT2D eigenvalue weighted by Crippen LogP contribution is 2.34. The van der Waals surface area contributed by atoms with Crippen molar-refractivity contribution < 1.29 is 73.6 Å². The maximum atomic E-state index is 11.3. The van der Waals surface area contributed by atoms with Crippen molar-refractivity contribution in [3.8, 4) is 5.75 Å². The Hall–Kier alpha value is -1.74. The average molecular weight is 736 g/mol. The summed E-state index contributed by atoms with van der Waals surface area (Å²) in [6.07, 6.45) is -19.8. The topological polar surface area (TPSA) is 346 Å². The Morgan fingerprint density at radius 3 is 1.78 bits per heavy atom. The van der Waals surface area contributed by atoms with Crippen molar-refractivity contribution in [2.24, 2.45) is 28.7 Å². The van der Waals surface area contributed by atoms with E-state index >= 15 is 0 Å². The van der Waals surface area contributed by atoms with Crippen LogP contribution in [0.1, 0.15) is 12.0 Å². The van der Waals surface area contributed by atoms with E-state index in [-0.39, 0.29) is 19.6 Å². The summed E-state index contributed by atoms with van der Waals surface area (Å²) in [6.45, 7) is -1.33. The van der Waals surface area contributed by atoms with Crippen molar-refractivity contribution in [3.05, 3.63) is 29.8 Å². The summed E-state index contributed by atoms with van der Waals surface area (Å²) in [6, 6.07) is 2.81. The lowest BCUT2D eigenvalue weighted by Gasteiger charge is -2.47. The second-order valence-electron chi connectivity index (χ2n) is 13.3. The van der Waals surface area contributed by atoms with Crippen molar-refractivity contribution in [1.29, 1.82) is 0 Å². The molecule has 1 aromatic carbocycles. The first-order valence-electron chi connectivity index (χ1n) is 16.8. The monoisotopic (exact) mass is 735 g/mol. The van der Waals surface area contributed by atoms with E-state index < -0.39 is 129 Å². The molecule has 20 heteroatoms. The summed E-state index contributed by atoms with van der Waals surface area (Å²) in [5.41, 5.74) is 31.4. The number of benzene rings is 1. The molecule has 0 amide bonds. The van der Waals surface area contributed by atoms with Crippen LogP contribution in [0.2, 0.25) is 0 Å². The third kappa shape index (κ3) is 8.65. The van der Waals surface area contributed by atoms with E-state index in [9.17, 15) is 35.7 Å². The second-order valence-corrected chi connectivity index (χ2v) is 13.3. The van der Waals surface area contributed by atoms with E-state index in [4.69, 9.17) is 66.6 Å². The van der Waals surface area contributed by atoms with Crippen molar-refractivity contribution in [1.82, 2.24) is 0 Å². The molecule has 3 heterocycles. The van der Waals surface area contributed by atoms with E-state index in [1.54, 1.807) is 31.4 Å². The highest BCUT2D eigenvalue weighted by molar-refractivity contribution is 5.26. The number of methoxy groups -OCH3 is 1. The number of hydrogen-bond donors (Lipinski definition) is 12. The highest BCUT2D eigenvalue weighted by Gasteiger charge is 2.54. The number of aliphatic hydroxyl groups is 7. The Balaban J connectivity index is 1.27. The molecule has 3 saturated heterocycles. The van der Waals surface area contributed by atoms with Gasteiger partial charge in [0, 0.05) is 18.6 Å². The van der Waals surface area contributed by atoms with Crippen LogP contribution in [0, 0.1) is 0 Å². The van der Waals surface area contributed by atoms with Crippen LogP contribution in [0.5, 0.6) is 5.75 Å². The number of rotatable bonds is 13. The van der Waals surface area contributed by atoms with E-state index in [1.165, 1.54) is 0 Å². The van der Waals surface area contributed by atoms with E-state index in [0.29, 0.717) is 5.75 Å². The average Bonchev–Trinajstić information content (AvgIpc) is 3.43. The van der Waals surface area contributed by atoms with E-state index in [2.05, 4.69) is 0 Å². The first-order valence-corrected chi connectivity index (χ1v) is 16.8. The van der Waals surface area contributed by atoms with Crippen molar-refractivity contribution >= 4 is 0 Å². The molecule has 4 fully saturated rings. The van der Waals surface area contributed by atoms with Gasteiger partial charge in [0.1, 0.15) is 72.9 Å². The van der Waals surface area contributed by atoms with Gasteiger partial charge in [-0.2, -0.15) is 0 Å². The molecule has 1 aromatic rings. The molecule has 1 aliphatic carbocycles. The van der Waals surface area contributed by atoms with Crippen LogP contribution in [0.3, 0.4) is 0 Å². The Morgan fingerprint density at radius 1 is 0.627 bits per heavy atom. The summed E-state index contributed by atoms with van der Waals surface area (Å²) in [5.74, 6) is 0.654. The van der Waals surface area contributed by atoms with Crippen LogP contribution >= 0.6 is 0 Å². The van der Waals surface area contributed by atoms with Crippen molar-refractivity contribution in [2.45, 2.75) is 129 Å².